The molecule has 0 fully saturated rings. The number of imidazole rings is 1. The monoisotopic (exact) mass is 205 g/mol. The van der Waals surface area contributed by atoms with E-state index in [1.807, 2.05) is 0 Å². The molecule has 5 nitrogen and oxygen atoms in total. The number of carbonyl (C=O) groups excluding carboxylic acids is 1. The van der Waals surface area contributed by atoms with Crippen molar-refractivity contribution in [1.29, 1.82) is 0 Å². The van der Waals surface area contributed by atoms with Gasteiger partial charge in [0.15, 0.2) is 0 Å². The quantitative estimate of drug-likeness (QED) is 0.681. The summed E-state index contributed by atoms with van der Waals surface area (Å²) in [6, 6.07) is 5.30. The summed E-state index contributed by atoms with van der Waals surface area (Å²) < 4.78 is 0. The molecule has 0 saturated carbocycles. The molecule has 1 heterocycles. The molecule has 2 rings (SSSR count). The van der Waals surface area contributed by atoms with Gasteiger partial charge in [-0.25, -0.2) is 4.98 Å². The molecule has 0 spiro atoms. The molecule has 1 aromatic heterocycles. The third-order valence-corrected chi connectivity index (χ3v) is 2.07. The Labute approximate surface area is 86.1 Å². The van der Waals surface area contributed by atoms with Gasteiger partial charge in [0.25, 0.3) is 5.91 Å². The van der Waals surface area contributed by atoms with Crippen LogP contribution in [0.25, 0.3) is 11.0 Å². The van der Waals surface area contributed by atoms with Gasteiger partial charge in [0.2, 0.25) is 0 Å². The molecule has 1 atom stereocenters. The number of fused-ring (bicyclic) bond motifs is 1. The lowest BCUT2D eigenvalue weighted by Crippen LogP contribution is -2.24. The smallest absolute Gasteiger partial charge is 0.252 e. The number of aromatic amines is 1. The highest BCUT2D eigenvalue weighted by molar-refractivity contribution is 5.95. The van der Waals surface area contributed by atoms with Crippen LogP contribution in [0.1, 0.15) is 6.92 Å². The van der Waals surface area contributed by atoms with Crippen molar-refractivity contribution in [3.05, 3.63) is 24.5 Å². The first-order valence-electron chi connectivity index (χ1n) is 4.59. The van der Waals surface area contributed by atoms with Crippen LogP contribution < -0.4 is 5.32 Å². The largest absolute Gasteiger partial charge is 0.384 e. The number of amides is 1. The molecule has 1 amide bonds. The first-order valence-corrected chi connectivity index (χ1v) is 4.59. The average Bonchev–Trinajstić information content (AvgIpc) is 2.64. The van der Waals surface area contributed by atoms with Gasteiger partial charge in [-0.05, 0) is 25.1 Å². The molecular formula is C10H11N3O2. The molecule has 0 aliphatic rings. The van der Waals surface area contributed by atoms with E-state index in [-0.39, 0.29) is 0 Å². The number of anilines is 1. The third kappa shape index (κ3) is 1.97. The van der Waals surface area contributed by atoms with E-state index >= 15 is 0 Å². The van der Waals surface area contributed by atoms with Gasteiger partial charge in [-0.15, -0.1) is 0 Å². The molecule has 15 heavy (non-hydrogen) atoms. The maximum absolute atomic E-state index is 11.2. The van der Waals surface area contributed by atoms with Crippen molar-refractivity contribution < 1.29 is 9.90 Å². The lowest BCUT2D eigenvalue weighted by molar-refractivity contribution is -0.123. The van der Waals surface area contributed by atoms with E-state index in [9.17, 15) is 4.79 Å². The number of carbonyl (C=O) groups is 1. The van der Waals surface area contributed by atoms with Crippen molar-refractivity contribution in [2.45, 2.75) is 13.0 Å². The summed E-state index contributed by atoms with van der Waals surface area (Å²) in [4.78, 5) is 18.2. The lowest BCUT2D eigenvalue weighted by atomic mass is 10.2. The van der Waals surface area contributed by atoms with E-state index in [1.165, 1.54) is 6.92 Å². The first kappa shape index (κ1) is 9.67. The number of H-pyrrole nitrogens is 1. The van der Waals surface area contributed by atoms with Gasteiger partial charge in [-0.2, -0.15) is 0 Å². The number of hydrogen-bond acceptors (Lipinski definition) is 3. The lowest BCUT2D eigenvalue weighted by Gasteiger charge is -2.06. The predicted molar refractivity (Wildman–Crippen MR) is 56.4 cm³/mol. The summed E-state index contributed by atoms with van der Waals surface area (Å²) in [7, 11) is 0. The van der Waals surface area contributed by atoms with Gasteiger partial charge in [0.05, 0.1) is 17.4 Å². The van der Waals surface area contributed by atoms with Crippen molar-refractivity contribution >= 4 is 22.6 Å². The maximum atomic E-state index is 11.2. The van der Waals surface area contributed by atoms with Crippen LogP contribution >= 0.6 is 0 Å². The number of benzene rings is 1. The standard InChI is InChI=1S/C10H11N3O2/c1-6(14)10(15)13-7-2-3-8-9(4-7)12-5-11-8/h2-6,14H,1H3,(H,11,12)(H,13,15). The van der Waals surface area contributed by atoms with Crippen molar-refractivity contribution in [2.24, 2.45) is 0 Å². The Morgan fingerprint density at radius 1 is 1.60 bits per heavy atom. The van der Waals surface area contributed by atoms with Crippen LogP contribution in [0, 0.1) is 0 Å². The van der Waals surface area contributed by atoms with Crippen LogP contribution in [0.4, 0.5) is 5.69 Å². The minimum atomic E-state index is -1.01. The normalized spacial score (nSPS) is 12.7. The van der Waals surface area contributed by atoms with Crippen molar-refractivity contribution in [1.82, 2.24) is 9.97 Å². The first-order chi connectivity index (χ1) is 7.16. The van der Waals surface area contributed by atoms with Gasteiger partial charge >= 0.3 is 0 Å². The molecule has 0 saturated heterocycles. The molecule has 78 valence electrons. The SMILES string of the molecule is CC(O)C(=O)Nc1ccc2nc[nH]c2c1. The van der Waals surface area contributed by atoms with E-state index in [1.54, 1.807) is 24.5 Å². The highest BCUT2D eigenvalue weighted by atomic mass is 16.3. The van der Waals surface area contributed by atoms with Crippen LogP contribution in [-0.4, -0.2) is 27.1 Å². The van der Waals surface area contributed by atoms with Gasteiger partial charge < -0.3 is 15.4 Å². The summed E-state index contributed by atoms with van der Waals surface area (Å²) >= 11 is 0. The van der Waals surface area contributed by atoms with E-state index in [0.717, 1.165) is 11.0 Å². The Bertz CT molecular complexity index is 490. The van der Waals surface area contributed by atoms with E-state index in [0.29, 0.717) is 5.69 Å². The second-order valence-electron chi connectivity index (χ2n) is 3.30. The minimum Gasteiger partial charge on any atom is -0.384 e. The fourth-order valence-corrected chi connectivity index (χ4v) is 1.26. The maximum Gasteiger partial charge on any atom is 0.252 e. The second kappa shape index (κ2) is 3.70. The molecule has 0 aliphatic carbocycles. The zero-order valence-electron chi connectivity index (χ0n) is 8.19. The zero-order chi connectivity index (χ0) is 10.8. The molecule has 1 unspecified atom stereocenters. The summed E-state index contributed by atoms with van der Waals surface area (Å²) in [5, 5.41) is 11.6. The van der Waals surface area contributed by atoms with Gasteiger partial charge in [-0.1, -0.05) is 0 Å². The fraction of sp³-hybridized carbons (Fsp3) is 0.200. The molecular weight excluding hydrogens is 194 g/mol. The van der Waals surface area contributed by atoms with E-state index < -0.39 is 12.0 Å². The van der Waals surface area contributed by atoms with Crippen molar-refractivity contribution in [2.75, 3.05) is 5.32 Å². The Hall–Kier alpha value is -1.88. The van der Waals surface area contributed by atoms with Gasteiger partial charge in [0.1, 0.15) is 6.10 Å². The van der Waals surface area contributed by atoms with E-state index in [2.05, 4.69) is 15.3 Å². The average molecular weight is 205 g/mol. The Morgan fingerprint density at radius 2 is 2.40 bits per heavy atom. The fourth-order valence-electron chi connectivity index (χ4n) is 1.26. The van der Waals surface area contributed by atoms with Crippen molar-refractivity contribution in [3.8, 4) is 0 Å². The second-order valence-corrected chi connectivity index (χ2v) is 3.30. The molecule has 5 heteroatoms. The number of aliphatic hydroxyl groups excluding tert-OH is 1. The topological polar surface area (TPSA) is 78.0 Å². The molecule has 1 aromatic carbocycles. The molecule has 0 bridgehead atoms. The van der Waals surface area contributed by atoms with Gasteiger partial charge in [0, 0.05) is 5.69 Å². The number of nitrogens with zero attached hydrogens (tertiary/aromatic N) is 1. The summed E-state index contributed by atoms with van der Waals surface area (Å²) in [6.07, 6.45) is 0.577. The highest BCUT2D eigenvalue weighted by Gasteiger charge is 2.08. The Morgan fingerprint density at radius 3 is 3.13 bits per heavy atom. The number of hydrogen-bond donors (Lipinski definition) is 3. The van der Waals surface area contributed by atoms with Crippen LogP contribution in [0.2, 0.25) is 0 Å². The number of nitrogens with one attached hydrogen (secondary N) is 2. The highest BCUT2D eigenvalue weighted by Crippen LogP contribution is 2.15. The Kier molecular flexibility index (Phi) is 2.39. The number of aromatic nitrogens is 2. The van der Waals surface area contributed by atoms with Crippen LogP contribution in [0.3, 0.4) is 0 Å². The summed E-state index contributed by atoms with van der Waals surface area (Å²) in [5.41, 5.74) is 2.32. The number of aliphatic hydroxyl groups is 1. The van der Waals surface area contributed by atoms with Crippen molar-refractivity contribution in [3.63, 3.8) is 0 Å². The molecule has 0 radical (unpaired) electrons. The Balaban J connectivity index is 2.25. The minimum absolute atomic E-state index is 0.422. The third-order valence-electron chi connectivity index (χ3n) is 2.07. The van der Waals surface area contributed by atoms with E-state index in [4.69, 9.17) is 5.11 Å². The zero-order valence-corrected chi connectivity index (χ0v) is 8.19. The summed E-state index contributed by atoms with van der Waals surface area (Å²) in [5.74, 6) is -0.422. The van der Waals surface area contributed by atoms with Crippen LogP contribution in [0.15, 0.2) is 24.5 Å². The van der Waals surface area contributed by atoms with Crippen LogP contribution in [-0.2, 0) is 4.79 Å². The molecule has 3 N–H and O–H groups in total. The summed E-state index contributed by atoms with van der Waals surface area (Å²) in [6.45, 7) is 1.42. The molecule has 0 aliphatic heterocycles. The number of rotatable bonds is 2. The predicted octanol–water partition coefficient (Wildman–Crippen LogP) is 0.882. The molecule has 2 aromatic rings. The van der Waals surface area contributed by atoms with Gasteiger partial charge in [-0.3, -0.25) is 4.79 Å². The van der Waals surface area contributed by atoms with Crippen LogP contribution in [0.5, 0.6) is 0 Å².